The SMILES string of the molecule is CC(C)c1ccc(C=C2C(=N)N3N=C(Cc4ccccc4)SC3=NC2=O)cc1. The lowest BCUT2D eigenvalue weighted by Crippen LogP contribution is -2.35. The first-order valence-electron chi connectivity index (χ1n) is 9.14. The number of aliphatic imine (C=N–C) groups is 1. The van der Waals surface area contributed by atoms with E-state index in [1.807, 2.05) is 54.6 Å². The fourth-order valence-corrected chi connectivity index (χ4v) is 3.94. The molecular formula is C22H20N4OS. The van der Waals surface area contributed by atoms with Crippen molar-refractivity contribution in [2.24, 2.45) is 10.1 Å². The molecule has 0 fully saturated rings. The second kappa shape index (κ2) is 7.56. The quantitative estimate of drug-likeness (QED) is 0.774. The number of nitrogens with zero attached hydrogens (tertiary/aromatic N) is 3. The number of hydrazone groups is 1. The Kier molecular flexibility index (Phi) is 4.96. The summed E-state index contributed by atoms with van der Waals surface area (Å²) >= 11 is 1.35. The molecule has 2 aromatic rings. The predicted octanol–water partition coefficient (Wildman–Crippen LogP) is 4.67. The molecule has 0 bridgehead atoms. The number of carbonyl (C=O) groups is 1. The summed E-state index contributed by atoms with van der Waals surface area (Å²) < 4.78 is 0. The van der Waals surface area contributed by atoms with Crippen LogP contribution in [0.5, 0.6) is 0 Å². The Morgan fingerprint density at radius 3 is 2.50 bits per heavy atom. The van der Waals surface area contributed by atoms with Crippen molar-refractivity contribution in [1.82, 2.24) is 5.01 Å². The summed E-state index contributed by atoms with van der Waals surface area (Å²) in [5.74, 6) is 0.119. The van der Waals surface area contributed by atoms with Gasteiger partial charge in [-0.15, -0.1) is 0 Å². The van der Waals surface area contributed by atoms with Gasteiger partial charge in [-0.3, -0.25) is 10.2 Å². The van der Waals surface area contributed by atoms with Gasteiger partial charge in [0.25, 0.3) is 5.91 Å². The van der Waals surface area contributed by atoms with Crippen molar-refractivity contribution in [3.63, 3.8) is 0 Å². The summed E-state index contributed by atoms with van der Waals surface area (Å²) in [6.07, 6.45) is 2.36. The van der Waals surface area contributed by atoms with E-state index in [1.165, 1.54) is 22.3 Å². The number of amidine groups is 2. The van der Waals surface area contributed by atoms with Gasteiger partial charge in [-0.2, -0.15) is 15.1 Å². The van der Waals surface area contributed by atoms with Crippen molar-refractivity contribution in [1.29, 1.82) is 5.41 Å². The van der Waals surface area contributed by atoms with Crippen LogP contribution in [-0.4, -0.2) is 27.0 Å². The zero-order valence-corrected chi connectivity index (χ0v) is 16.5. The number of hydrogen-bond acceptors (Lipinski definition) is 4. The van der Waals surface area contributed by atoms with Crippen molar-refractivity contribution in [3.8, 4) is 0 Å². The lowest BCUT2D eigenvalue weighted by molar-refractivity contribution is -0.114. The average Bonchev–Trinajstić information content (AvgIpc) is 3.08. The Hall–Kier alpha value is -2.99. The van der Waals surface area contributed by atoms with E-state index >= 15 is 0 Å². The number of benzene rings is 2. The Morgan fingerprint density at radius 2 is 1.82 bits per heavy atom. The van der Waals surface area contributed by atoms with Crippen LogP contribution in [0.15, 0.2) is 70.3 Å². The fraction of sp³-hybridized carbons (Fsp3) is 0.182. The van der Waals surface area contributed by atoms with Gasteiger partial charge in [-0.1, -0.05) is 68.4 Å². The molecule has 2 aliphatic rings. The van der Waals surface area contributed by atoms with Crippen LogP contribution in [0.25, 0.3) is 6.08 Å². The molecule has 0 aromatic heterocycles. The van der Waals surface area contributed by atoms with Crippen LogP contribution in [0.2, 0.25) is 0 Å². The van der Waals surface area contributed by atoms with Crippen LogP contribution in [0.1, 0.15) is 36.5 Å². The lowest BCUT2D eigenvalue weighted by Gasteiger charge is -2.20. The van der Waals surface area contributed by atoms with Crippen LogP contribution < -0.4 is 0 Å². The third kappa shape index (κ3) is 3.68. The van der Waals surface area contributed by atoms with Gasteiger partial charge in [0.05, 0.1) is 5.57 Å². The van der Waals surface area contributed by atoms with Crippen LogP contribution in [0.3, 0.4) is 0 Å². The van der Waals surface area contributed by atoms with Gasteiger partial charge in [0, 0.05) is 6.42 Å². The van der Waals surface area contributed by atoms with Gasteiger partial charge in [0.1, 0.15) is 5.04 Å². The third-order valence-electron chi connectivity index (χ3n) is 4.61. The van der Waals surface area contributed by atoms with Gasteiger partial charge in [-0.25, -0.2) is 0 Å². The fourth-order valence-electron chi connectivity index (χ4n) is 3.02. The highest BCUT2D eigenvalue weighted by Gasteiger charge is 2.35. The van der Waals surface area contributed by atoms with Gasteiger partial charge in [-0.05, 0) is 40.4 Å². The average molecular weight is 388 g/mol. The first-order valence-corrected chi connectivity index (χ1v) is 9.96. The van der Waals surface area contributed by atoms with Crippen LogP contribution in [-0.2, 0) is 11.2 Å². The maximum absolute atomic E-state index is 12.5. The summed E-state index contributed by atoms with van der Waals surface area (Å²) in [6.45, 7) is 4.28. The molecule has 140 valence electrons. The summed E-state index contributed by atoms with van der Waals surface area (Å²) in [7, 11) is 0. The van der Waals surface area contributed by atoms with E-state index in [4.69, 9.17) is 5.41 Å². The number of rotatable bonds is 4. The van der Waals surface area contributed by atoms with E-state index in [2.05, 4.69) is 23.9 Å². The topological polar surface area (TPSA) is 68.9 Å². The largest absolute Gasteiger partial charge is 0.283 e. The molecule has 0 saturated heterocycles. The van der Waals surface area contributed by atoms with E-state index < -0.39 is 5.91 Å². The molecule has 0 aliphatic carbocycles. The molecule has 28 heavy (non-hydrogen) atoms. The monoisotopic (exact) mass is 388 g/mol. The maximum atomic E-state index is 12.5. The molecule has 2 heterocycles. The molecule has 6 heteroatoms. The molecule has 0 saturated carbocycles. The number of fused-ring (bicyclic) bond motifs is 1. The smallest absolute Gasteiger partial charge is 0.282 e. The van der Waals surface area contributed by atoms with E-state index in [0.29, 0.717) is 17.5 Å². The molecule has 0 spiro atoms. The van der Waals surface area contributed by atoms with Crippen molar-refractivity contribution >= 4 is 39.8 Å². The molecule has 0 atom stereocenters. The van der Waals surface area contributed by atoms with E-state index in [1.54, 1.807) is 6.08 Å². The molecule has 4 rings (SSSR count). The van der Waals surface area contributed by atoms with Crippen LogP contribution >= 0.6 is 11.8 Å². The third-order valence-corrected chi connectivity index (χ3v) is 5.52. The summed E-state index contributed by atoms with van der Waals surface area (Å²) in [6, 6.07) is 18.0. The molecule has 0 unspecified atom stereocenters. The van der Waals surface area contributed by atoms with E-state index in [0.717, 1.165) is 16.2 Å². The highest BCUT2D eigenvalue weighted by molar-refractivity contribution is 8.26. The molecule has 1 N–H and O–H groups in total. The molecule has 1 amide bonds. The molecule has 2 aliphatic heterocycles. The second-order valence-corrected chi connectivity index (χ2v) is 8.04. The highest BCUT2D eigenvalue weighted by atomic mass is 32.2. The first-order chi connectivity index (χ1) is 13.5. The zero-order valence-electron chi connectivity index (χ0n) is 15.7. The summed E-state index contributed by atoms with van der Waals surface area (Å²) in [4.78, 5) is 16.7. The number of hydrogen-bond donors (Lipinski definition) is 1. The number of carbonyl (C=O) groups excluding carboxylic acids is 1. The minimum absolute atomic E-state index is 0.0681. The first kappa shape index (κ1) is 18.4. The Bertz CT molecular complexity index is 1020. The number of amides is 1. The van der Waals surface area contributed by atoms with Gasteiger partial charge in [0.15, 0.2) is 5.84 Å². The van der Waals surface area contributed by atoms with E-state index in [-0.39, 0.29) is 11.4 Å². The van der Waals surface area contributed by atoms with Gasteiger partial charge >= 0.3 is 0 Å². The van der Waals surface area contributed by atoms with Gasteiger partial charge in [0.2, 0.25) is 5.17 Å². The van der Waals surface area contributed by atoms with Crippen molar-refractivity contribution in [2.75, 3.05) is 0 Å². The molecule has 0 radical (unpaired) electrons. The number of nitrogens with one attached hydrogen (secondary N) is 1. The second-order valence-electron chi connectivity index (χ2n) is 7.00. The Labute approximate surface area is 168 Å². The standard InChI is InChI=1S/C22H20N4OS/c1-14(2)17-10-8-16(9-11-17)12-18-20(23)26-22(24-21(18)27)28-19(25-26)13-15-6-4-3-5-7-15/h3-12,14,23H,13H2,1-2H3. The minimum atomic E-state index is -0.396. The zero-order chi connectivity index (χ0) is 19.7. The molecule has 5 nitrogen and oxygen atoms in total. The van der Waals surface area contributed by atoms with Crippen LogP contribution in [0.4, 0.5) is 0 Å². The van der Waals surface area contributed by atoms with Crippen LogP contribution in [0, 0.1) is 5.41 Å². The molecular weight excluding hydrogens is 368 g/mol. The van der Waals surface area contributed by atoms with Crippen molar-refractivity contribution in [3.05, 3.63) is 76.9 Å². The normalized spacial score (nSPS) is 17.8. The maximum Gasteiger partial charge on any atom is 0.283 e. The Balaban J connectivity index is 1.58. The van der Waals surface area contributed by atoms with E-state index in [9.17, 15) is 4.79 Å². The number of thioether (sulfide) groups is 1. The van der Waals surface area contributed by atoms with Crippen molar-refractivity contribution in [2.45, 2.75) is 26.2 Å². The predicted molar refractivity (Wildman–Crippen MR) is 116 cm³/mol. The summed E-state index contributed by atoms with van der Waals surface area (Å²) in [5.41, 5.74) is 3.49. The summed E-state index contributed by atoms with van der Waals surface area (Å²) in [5, 5.41) is 15.7. The van der Waals surface area contributed by atoms with Gasteiger partial charge < -0.3 is 0 Å². The minimum Gasteiger partial charge on any atom is -0.282 e. The Morgan fingerprint density at radius 1 is 1.11 bits per heavy atom. The lowest BCUT2D eigenvalue weighted by atomic mass is 10.0. The van der Waals surface area contributed by atoms with Crippen molar-refractivity contribution < 1.29 is 4.79 Å². The highest BCUT2D eigenvalue weighted by Crippen LogP contribution is 2.29. The molecule has 2 aromatic carbocycles.